The first-order valence-electron chi connectivity index (χ1n) is 8.41. The first-order valence-corrected chi connectivity index (χ1v) is 9.20. The van der Waals surface area contributed by atoms with Crippen LogP contribution in [0.1, 0.15) is 24.0 Å². The number of benzene rings is 1. The fourth-order valence-corrected chi connectivity index (χ4v) is 3.49. The number of amides is 1. The summed E-state index contributed by atoms with van der Waals surface area (Å²) in [6.07, 6.45) is 3.38. The van der Waals surface area contributed by atoms with Crippen molar-refractivity contribution in [3.05, 3.63) is 57.9 Å². The molecule has 0 aliphatic carbocycles. The molecule has 1 fully saturated rings. The van der Waals surface area contributed by atoms with Crippen LogP contribution in [0.3, 0.4) is 0 Å². The normalized spacial score (nSPS) is 16.0. The number of nitrogens with one attached hydrogen (secondary N) is 1. The van der Waals surface area contributed by atoms with Crippen LogP contribution in [-0.2, 0) is 11.3 Å². The zero-order valence-electron chi connectivity index (χ0n) is 14.1. The third-order valence-electron chi connectivity index (χ3n) is 4.53. The van der Waals surface area contributed by atoms with Crippen LogP contribution in [0.25, 0.3) is 0 Å². The molecule has 1 saturated heterocycles. The molecule has 132 valence electrons. The fourth-order valence-electron chi connectivity index (χ4n) is 3.01. The van der Waals surface area contributed by atoms with E-state index in [0.717, 1.165) is 48.1 Å². The number of pyridine rings is 1. The van der Waals surface area contributed by atoms with Crippen LogP contribution in [0, 0.1) is 18.7 Å². The predicted molar refractivity (Wildman–Crippen MR) is 99.7 cm³/mol. The smallest absolute Gasteiger partial charge is 0.228 e. The molecule has 0 radical (unpaired) electrons. The third-order valence-corrected chi connectivity index (χ3v) is 5.27. The summed E-state index contributed by atoms with van der Waals surface area (Å²) >= 11 is 3.41. The molecule has 1 N–H and O–H groups in total. The van der Waals surface area contributed by atoms with Crippen molar-refractivity contribution < 1.29 is 9.18 Å². The molecule has 0 bridgehead atoms. The molecule has 1 aliphatic rings. The molecule has 0 spiro atoms. The highest BCUT2D eigenvalue weighted by Gasteiger charge is 2.25. The summed E-state index contributed by atoms with van der Waals surface area (Å²) in [6.45, 7) is 4.43. The number of nitrogens with zero attached hydrogens (tertiary/aromatic N) is 2. The third kappa shape index (κ3) is 4.86. The molecule has 3 rings (SSSR count). The van der Waals surface area contributed by atoms with Gasteiger partial charge in [-0.05, 0) is 62.2 Å². The Labute approximate surface area is 155 Å². The summed E-state index contributed by atoms with van der Waals surface area (Å²) < 4.78 is 14.0. The van der Waals surface area contributed by atoms with E-state index in [1.165, 1.54) is 12.1 Å². The molecule has 2 heterocycles. The van der Waals surface area contributed by atoms with Crippen molar-refractivity contribution in [2.24, 2.45) is 5.92 Å². The fraction of sp³-hybridized carbons (Fsp3) is 0.368. The number of hydrogen-bond acceptors (Lipinski definition) is 3. The molecule has 1 aromatic heterocycles. The maximum atomic E-state index is 13.2. The number of halogens is 2. The molecule has 25 heavy (non-hydrogen) atoms. The van der Waals surface area contributed by atoms with Crippen molar-refractivity contribution in [2.75, 3.05) is 18.4 Å². The predicted octanol–water partition coefficient (Wildman–Crippen LogP) is 4.14. The number of likely N-dealkylation sites (tertiary alicyclic amines) is 1. The van der Waals surface area contributed by atoms with E-state index < -0.39 is 0 Å². The first-order chi connectivity index (χ1) is 12.0. The number of aromatic nitrogens is 1. The Hall–Kier alpha value is -1.79. The van der Waals surface area contributed by atoms with E-state index in [1.54, 1.807) is 12.3 Å². The number of anilines is 1. The summed E-state index contributed by atoms with van der Waals surface area (Å²) in [7, 11) is 0. The van der Waals surface area contributed by atoms with Gasteiger partial charge in [0.15, 0.2) is 0 Å². The lowest BCUT2D eigenvalue weighted by atomic mass is 9.95. The van der Waals surface area contributed by atoms with Gasteiger partial charge in [0, 0.05) is 23.1 Å². The average Bonchev–Trinajstić information content (AvgIpc) is 2.60. The molecule has 4 nitrogen and oxygen atoms in total. The Morgan fingerprint density at radius 1 is 1.32 bits per heavy atom. The van der Waals surface area contributed by atoms with Gasteiger partial charge in [-0.2, -0.15) is 0 Å². The Balaban J connectivity index is 1.51. The van der Waals surface area contributed by atoms with Gasteiger partial charge in [0.1, 0.15) is 11.6 Å². The molecular weight excluding hydrogens is 385 g/mol. The van der Waals surface area contributed by atoms with E-state index in [1.807, 2.05) is 19.1 Å². The summed E-state index contributed by atoms with van der Waals surface area (Å²) in [5.74, 6) is 0.416. The Bertz CT molecular complexity index is 743. The highest BCUT2D eigenvalue weighted by Crippen LogP contribution is 2.24. The molecule has 1 amide bonds. The highest BCUT2D eigenvalue weighted by molar-refractivity contribution is 9.10. The van der Waals surface area contributed by atoms with Gasteiger partial charge in [-0.25, -0.2) is 9.37 Å². The Morgan fingerprint density at radius 3 is 2.72 bits per heavy atom. The van der Waals surface area contributed by atoms with Crippen molar-refractivity contribution in [3.63, 3.8) is 0 Å². The summed E-state index contributed by atoms with van der Waals surface area (Å²) in [5, 5.41) is 2.90. The second kappa shape index (κ2) is 8.06. The van der Waals surface area contributed by atoms with Crippen molar-refractivity contribution in [3.8, 4) is 0 Å². The van der Waals surface area contributed by atoms with Gasteiger partial charge in [0.05, 0.1) is 0 Å². The van der Waals surface area contributed by atoms with E-state index >= 15 is 0 Å². The number of rotatable bonds is 4. The molecule has 0 atom stereocenters. The maximum absolute atomic E-state index is 13.2. The van der Waals surface area contributed by atoms with Crippen molar-refractivity contribution >= 4 is 27.7 Å². The Morgan fingerprint density at radius 2 is 2.08 bits per heavy atom. The molecule has 2 aromatic rings. The first kappa shape index (κ1) is 18.0. The maximum Gasteiger partial charge on any atom is 0.228 e. The lowest BCUT2D eigenvalue weighted by Crippen LogP contribution is -2.37. The van der Waals surface area contributed by atoms with Gasteiger partial charge in [-0.1, -0.05) is 28.1 Å². The second-order valence-corrected chi connectivity index (χ2v) is 7.35. The lowest BCUT2D eigenvalue weighted by Gasteiger charge is -2.31. The van der Waals surface area contributed by atoms with Crippen LogP contribution in [0.5, 0.6) is 0 Å². The van der Waals surface area contributed by atoms with Gasteiger partial charge in [-0.3, -0.25) is 9.69 Å². The molecule has 0 saturated carbocycles. The molecule has 1 aromatic carbocycles. The second-order valence-electron chi connectivity index (χ2n) is 6.50. The standard InChI is InChI=1S/C19H21BrFN3O/c1-13-2-5-18(22-11-13)23-19(25)14-6-8-24(9-7-14)12-15-3-4-16(21)10-17(15)20/h2-5,10-11,14H,6-9,12H2,1H3,(H,22,23,25). The largest absolute Gasteiger partial charge is 0.310 e. The minimum Gasteiger partial charge on any atom is -0.310 e. The summed E-state index contributed by atoms with van der Waals surface area (Å²) in [6, 6.07) is 8.54. The quantitative estimate of drug-likeness (QED) is 0.830. The lowest BCUT2D eigenvalue weighted by molar-refractivity contribution is -0.121. The number of carbonyl (C=O) groups excluding carboxylic acids is 1. The van der Waals surface area contributed by atoms with Gasteiger partial charge >= 0.3 is 0 Å². The number of carbonyl (C=O) groups is 1. The SMILES string of the molecule is Cc1ccc(NC(=O)C2CCN(Cc3ccc(F)cc3Br)CC2)nc1. The zero-order valence-corrected chi connectivity index (χ0v) is 15.7. The van der Waals surface area contributed by atoms with Gasteiger partial charge in [0.25, 0.3) is 0 Å². The van der Waals surface area contributed by atoms with E-state index in [0.29, 0.717) is 5.82 Å². The van der Waals surface area contributed by atoms with Crippen LogP contribution in [0.2, 0.25) is 0 Å². The molecule has 6 heteroatoms. The van der Waals surface area contributed by atoms with Crippen LogP contribution in [0.15, 0.2) is 41.0 Å². The van der Waals surface area contributed by atoms with Crippen molar-refractivity contribution in [1.82, 2.24) is 9.88 Å². The molecule has 0 unspecified atom stereocenters. The number of piperidine rings is 1. The van der Waals surface area contributed by atoms with Crippen LogP contribution in [-0.4, -0.2) is 28.9 Å². The van der Waals surface area contributed by atoms with E-state index in [4.69, 9.17) is 0 Å². The summed E-state index contributed by atoms with van der Waals surface area (Å²) in [5.41, 5.74) is 2.13. The molecule has 1 aliphatic heterocycles. The van der Waals surface area contributed by atoms with Gasteiger partial charge < -0.3 is 5.32 Å². The van der Waals surface area contributed by atoms with Gasteiger partial charge in [-0.15, -0.1) is 0 Å². The van der Waals surface area contributed by atoms with Crippen LogP contribution in [0.4, 0.5) is 10.2 Å². The minimum atomic E-state index is -0.240. The van der Waals surface area contributed by atoms with E-state index in [2.05, 4.69) is 31.1 Å². The topological polar surface area (TPSA) is 45.2 Å². The van der Waals surface area contributed by atoms with E-state index in [-0.39, 0.29) is 17.6 Å². The van der Waals surface area contributed by atoms with Crippen molar-refractivity contribution in [2.45, 2.75) is 26.3 Å². The van der Waals surface area contributed by atoms with E-state index in [9.17, 15) is 9.18 Å². The average molecular weight is 406 g/mol. The number of aryl methyl sites for hydroxylation is 1. The molecular formula is C19H21BrFN3O. The van der Waals surface area contributed by atoms with Crippen LogP contribution < -0.4 is 5.32 Å². The van der Waals surface area contributed by atoms with Gasteiger partial charge in [0.2, 0.25) is 5.91 Å². The Kier molecular flexibility index (Phi) is 5.81. The van der Waals surface area contributed by atoms with Crippen LogP contribution >= 0.6 is 15.9 Å². The zero-order chi connectivity index (χ0) is 17.8. The van der Waals surface area contributed by atoms with Crippen molar-refractivity contribution in [1.29, 1.82) is 0 Å². The summed E-state index contributed by atoms with van der Waals surface area (Å²) in [4.78, 5) is 18.9. The highest BCUT2D eigenvalue weighted by atomic mass is 79.9. The number of hydrogen-bond donors (Lipinski definition) is 1. The monoisotopic (exact) mass is 405 g/mol. The minimum absolute atomic E-state index is 0.0102.